The summed E-state index contributed by atoms with van der Waals surface area (Å²) in [5.41, 5.74) is 0.541. The second kappa shape index (κ2) is 10.1. The molecule has 0 unspecified atom stereocenters. The summed E-state index contributed by atoms with van der Waals surface area (Å²) in [5, 5.41) is 4.59. The maximum atomic E-state index is 13.4. The highest BCUT2D eigenvalue weighted by Gasteiger charge is 2.08. The molecule has 0 radical (unpaired) electrons. The van der Waals surface area contributed by atoms with Crippen LogP contribution in [0.5, 0.6) is 0 Å². The van der Waals surface area contributed by atoms with Crippen LogP contribution in [-0.2, 0) is 26.5 Å². The first kappa shape index (κ1) is 18.5. The van der Waals surface area contributed by atoms with E-state index >= 15 is 0 Å². The number of carbonyl (C=O) groups is 2. The molecule has 0 aliphatic heterocycles. The zero-order chi connectivity index (χ0) is 17.2. The lowest BCUT2D eigenvalue weighted by Crippen LogP contribution is -2.30. The number of nitrogens with one attached hydrogen (secondary N) is 1. The van der Waals surface area contributed by atoms with Crippen LogP contribution in [0.2, 0.25) is 0 Å². The van der Waals surface area contributed by atoms with Crippen molar-refractivity contribution >= 4 is 35.0 Å². The molecule has 0 aliphatic carbocycles. The lowest BCUT2D eigenvalue weighted by molar-refractivity contribution is -0.145. The molecule has 4 nitrogen and oxygen atoms in total. The van der Waals surface area contributed by atoms with E-state index in [2.05, 4.69) is 5.32 Å². The standard InChI is InChI=1S/C17H18FNO3S2/c18-15-6-2-1-4-13(15)7-8-19-16(20)10-22-17(21)12-23-11-14-5-3-9-24-14/h1-6,9H,7-8,10-12H2,(H,19,20). The molecule has 1 aromatic heterocycles. The van der Waals surface area contributed by atoms with E-state index in [1.807, 2.05) is 17.5 Å². The second-order valence-corrected chi connectivity index (χ2v) is 6.94. The van der Waals surface area contributed by atoms with E-state index < -0.39 is 5.97 Å². The second-order valence-electron chi connectivity index (χ2n) is 4.92. The number of amides is 1. The maximum absolute atomic E-state index is 13.4. The highest BCUT2D eigenvalue weighted by atomic mass is 32.2. The van der Waals surface area contributed by atoms with Crippen molar-refractivity contribution < 1.29 is 18.7 Å². The number of esters is 1. The Morgan fingerprint density at radius 1 is 1.21 bits per heavy atom. The summed E-state index contributed by atoms with van der Waals surface area (Å²) >= 11 is 3.09. The quantitative estimate of drug-likeness (QED) is 0.692. The third-order valence-corrected chi connectivity index (χ3v) is 5.10. The average molecular weight is 367 g/mol. The van der Waals surface area contributed by atoms with Gasteiger partial charge in [-0.15, -0.1) is 23.1 Å². The van der Waals surface area contributed by atoms with Crippen molar-refractivity contribution in [1.82, 2.24) is 5.32 Å². The number of ether oxygens (including phenoxy) is 1. The fourth-order valence-corrected chi connectivity index (χ4v) is 3.57. The van der Waals surface area contributed by atoms with Crippen LogP contribution in [0.4, 0.5) is 4.39 Å². The Morgan fingerprint density at radius 2 is 2.04 bits per heavy atom. The fraction of sp³-hybridized carbons (Fsp3) is 0.294. The fourth-order valence-electron chi connectivity index (χ4n) is 1.91. The highest BCUT2D eigenvalue weighted by Crippen LogP contribution is 2.16. The summed E-state index contributed by atoms with van der Waals surface area (Å²) in [5.74, 6) is -0.133. The topological polar surface area (TPSA) is 55.4 Å². The number of carbonyl (C=O) groups excluding carboxylic acids is 2. The molecule has 24 heavy (non-hydrogen) atoms. The maximum Gasteiger partial charge on any atom is 0.316 e. The molecule has 7 heteroatoms. The molecule has 0 fully saturated rings. The number of thiophene rings is 1. The summed E-state index contributed by atoms with van der Waals surface area (Å²) in [6.45, 7) is -0.0138. The summed E-state index contributed by atoms with van der Waals surface area (Å²) < 4.78 is 18.3. The number of halogens is 1. The largest absolute Gasteiger partial charge is 0.455 e. The average Bonchev–Trinajstić information content (AvgIpc) is 3.08. The number of thioether (sulfide) groups is 1. The van der Waals surface area contributed by atoms with Gasteiger partial charge in [-0.2, -0.15) is 0 Å². The smallest absolute Gasteiger partial charge is 0.316 e. The van der Waals surface area contributed by atoms with Gasteiger partial charge in [0.25, 0.3) is 5.91 Å². The summed E-state index contributed by atoms with van der Waals surface area (Å²) in [6, 6.07) is 10.4. The van der Waals surface area contributed by atoms with E-state index in [1.54, 1.807) is 29.5 Å². The SMILES string of the molecule is O=C(COC(=O)CSCc1cccs1)NCCc1ccccc1F. The zero-order valence-electron chi connectivity index (χ0n) is 13.0. The van der Waals surface area contributed by atoms with Gasteiger partial charge in [-0.3, -0.25) is 9.59 Å². The minimum absolute atomic E-state index is 0.209. The van der Waals surface area contributed by atoms with E-state index in [0.717, 1.165) is 5.75 Å². The van der Waals surface area contributed by atoms with Gasteiger partial charge in [-0.05, 0) is 29.5 Å². The summed E-state index contributed by atoms with van der Waals surface area (Å²) in [6.07, 6.45) is 0.392. The van der Waals surface area contributed by atoms with Crippen LogP contribution in [0.15, 0.2) is 41.8 Å². The van der Waals surface area contributed by atoms with E-state index in [-0.39, 0.29) is 24.1 Å². The molecule has 1 N–H and O–H groups in total. The van der Waals surface area contributed by atoms with Gasteiger partial charge in [0.1, 0.15) is 5.82 Å². The van der Waals surface area contributed by atoms with E-state index in [1.165, 1.54) is 22.7 Å². The van der Waals surface area contributed by atoms with Gasteiger partial charge in [-0.25, -0.2) is 4.39 Å². The Labute approximate surface area is 148 Å². The Morgan fingerprint density at radius 3 is 2.79 bits per heavy atom. The van der Waals surface area contributed by atoms with Gasteiger partial charge in [0.05, 0.1) is 5.75 Å². The summed E-state index contributed by atoms with van der Waals surface area (Å²) in [7, 11) is 0. The van der Waals surface area contributed by atoms with Gasteiger partial charge >= 0.3 is 5.97 Å². The molecule has 2 aromatic rings. The highest BCUT2D eigenvalue weighted by molar-refractivity contribution is 7.99. The van der Waals surface area contributed by atoms with Crippen LogP contribution in [0.3, 0.4) is 0 Å². The van der Waals surface area contributed by atoms with Gasteiger partial charge in [-0.1, -0.05) is 24.3 Å². The van der Waals surface area contributed by atoms with Gasteiger partial charge in [0.2, 0.25) is 0 Å². The van der Waals surface area contributed by atoms with E-state index in [4.69, 9.17) is 4.74 Å². The molecular formula is C17H18FNO3S2. The molecule has 0 saturated heterocycles. The number of hydrogen-bond acceptors (Lipinski definition) is 5. The van der Waals surface area contributed by atoms with Crippen molar-refractivity contribution in [2.75, 3.05) is 18.9 Å². The lowest BCUT2D eigenvalue weighted by Gasteiger charge is -2.07. The van der Waals surface area contributed by atoms with Crippen molar-refractivity contribution in [3.63, 3.8) is 0 Å². The van der Waals surface area contributed by atoms with Gasteiger partial charge < -0.3 is 10.1 Å². The molecule has 1 heterocycles. The zero-order valence-corrected chi connectivity index (χ0v) is 14.6. The molecule has 0 aliphatic rings. The lowest BCUT2D eigenvalue weighted by atomic mass is 10.1. The number of rotatable bonds is 9. The third-order valence-electron chi connectivity index (χ3n) is 3.08. The monoisotopic (exact) mass is 367 g/mol. The molecule has 0 spiro atoms. The van der Waals surface area contributed by atoms with Crippen LogP contribution in [0, 0.1) is 5.82 Å². The normalized spacial score (nSPS) is 10.4. The number of hydrogen-bond donors (Lipinski definition) is 1. The molecule has 0 atom stereocenters. The van der Waals surface area contributed by atoms with Crippen LogP contribution in [-0.4, -0.2) is 30.8 Å². The minimum atomic E-state index is -0.416. The first-order valence-corrected chi connectivity index (χ1v) is 9.44. The molecule has 128 valence electrons. The molecule has 0 bridgehead atoms. The Balaban J connectivity index is 1.55. The Bertz CT molecular complexity index is 662. The van der Waals surface area contributed by atoms with Crippen LogP contribution in [0.25, 0.3) is 0 Å². The van der Waals surface area contributed by atoms with Crippen molar-refractivity contribution in [3.8, 4) is 0 Å². The predicted molar refractivity (Wildman–Crippen MR) is 94.6 cm³/mol. The van der Waals surface area contributed by atoms with Crippen molar-refractivity contribution in [2.24, 2.45) is 0 Å². The van der Waals surface area contributed by atoms with E-state index in [9.17, 15) is 14.0 Å². The summed E-state index contributed by atoms with van der Waals surface area (Å²) in [4.78, 5) is 24.3. The minimum Gasteiger partial charge on any atom is -0.455 e. The first-order chi connectivity index (χ1) is 11.6. The molecular weight excluding hydrogens is 349 g/mol. The van der Waals surface area contributed by atoms with Gasteiger partial charge in [0.15, 0.2) is 6.61 Å². The Hall–Kier alpha value is -1.86. The van der Waals surface area contributed by atoms with Crippen molar-refractivity contribution in [3.05, 3.63) is 58.0 Å². The molecule has 2 rings (SSSR count). The first-order valence-electron chi connectivity index (χ1n) is 7.41. The third kappa shape index (κ3) is 6.72. The van der Waals surface area contributed by atoms with Gasteiger partial charge in [0, 0.05) is 17.2 Å². The Kier molecular flexibility index (Phi) is 7.77. The van der Waals surface area contributed by atoms with Crippen LogP contribution >= 0.6 is 23.1 Å². The molecule has 1 aromatic carbocycles. The van der Waals surface area contributed by atoms with Crippen LogP contribution in [0.1, 0.15) is 10.4 Å². The van der Waals surface area contributed by atoms with Crippen molar-refractivity contribution in [1.29, 1.82) is 0 Å². The molecule has 1 amide bonds. The predicted octanol–water partition coefficient (Wildman–Crippen LogP) is 3.02. The molecule has 0 saturated carbocycles. The van der Waals surface area contributed by atoms with Crippen LogP contribution < -0.4 is 5.32 Å². The van der Waals surface area contributed by atoms with E-state index in [0.29, 0.717) is 18.5 Å². The number of benzene rings is 1. The van der Waals surface area contributed by atoms with Crippen molar-refractivity contribution in [2.45, 2.75) is 12.2 Å².